The highest BCUT2D eigenvalue weighted by molar-refractivity contribution is 9.10. The fourth-order valence-corrected chi connectivity index (χ4v) is 2.21. The van der Waals surface area contributed by atoms with Crippen LogP contribution < -0.4 is 10.1 Å². The van der Waals surface area contributed by atoms with Gasteiger partial charge in [-0.25, -0.2) is 4.39 Å². The molecule has 0 fully saturated rings. The number of hydrogen-bond acceptors (Lipinski definition) is 3. The van der Waals surface area contributed by atoms with Crippen molar-refractivity contribution in [3.05, 3.63) is 52.3 Å². The van der Waals surface area contributed by atoms with Crippen molar-refractivity contribution >= 4 is 21.6 Å². The molecule has 0 aliphatic rings. The van der Waals surface area contributed by atoms with Gasteiger partial charge in [0.15, 0.2) is 11.5 Å². The molecular formula is C14H13BrFNO2. The van der Waals surface area contributed by atoms with Gasteiger partial charge in [-0.05, 0) is 34.1 Å². The summed E-state index contributed by atoms with van der Waals surface area (Å²) in [6, 6.07) is 9.92. The average molecular weight is 326 g/mol. The highest BCUT2D eigenvalue weighted by Gasteiger charge is 2.09. The number of aromatic hydroxyl groups is 1. The second-order valence-corrected chi connectivity index (χ2v) is 4.77. The van der Waals surface area contributed by atoms with Crippen LogP contribution in [0.4, 0.5) is 10.1 Å². The Bertz CT molecular complexity index is 569. The van der Waals surface area contributed by atoms with Crippen LogP contribution >= 0.6 is 15.9 Å². The molecule has 0 saturated carbocycles. The van der Waals surface area contributed by atoms with E-state index in [0.29, 0.717) is 28.0 Å². The van der Waals surface area contributed by atoms with E-state index in [1.807, 2.05) is 0 Å². The smallest absolute Gasteiger partial charge is 0.162 e. The van der Waals surface area contributed by atoms with Crippen LogP contribution in [0, 0.1) is 5.82 Å². The summed E-state index contributed by atoms with van der Waals surface area (Å²) in [6.07, 6.45) is 0. The van der Waals surface area contributed by atoms with Crippen molar-refractivity contribution in [2.45, 2.75) is 6.54 Å². The molecule has 0 spiro atoms. The van der Waals surface area contributed by atoms with E-state index in [1.54, 1.807) is 30.3 Å². The third-order valence-electron chi connectivity index (χ3n) is 2.72. The van der Waals surface area contributed by atoms with Crippen LogP contribution in [-0.4, -0.2) is 12.2 Å². The fourth-order valence-electron chi connectivity index (χ4n) is 1.73. The first-order valence-electron chi connectivity index (χ1n) is 5.66. The molecule has 2 aromatic rings. The largest absolute Gasteiger partial charge is 0.504 e. The molecule has 2 aromatic carbocycles. The summed E-state index contributed by atoms with van der Waals surface area (Å²) in [7, 11) is 1.49. The molecule has 0 amide bonds. The van der Waals surface area contributed by atoms with Crippen LogP contribution in [-0.2, 0) is 6.54 Å². The molecule has 0 saturated heterocycles. The molecule has 0 aliphatic heterocycles. The third-order valence-corrected chi connectivity index (χ3v) is 3.38. The van der Waals surface area contributed by atoms with Crippen molar-refractivity contribution in [2.24, 2.45) is 0 Å². The standard InChI is InChI=1S/C14H13BrFNO2/c1-19-12-7-2-4-9(14(12)18)8-17-13-10(15)5-3-6-11(13)16/h2-7,17-18H,8H2,1H3. The summed E-state index contributed by atoms with van der Waals surface area (Å²) < 4.78 is 19.3. The zero-order valence-corrected chi connectivity index (χ0v) is 11.9. The van der Waals surface area contributed by atoms with E-state index in [9.17, 15) is 9.50 Å². The summed E-state index contributed by atoms with van der Waals surface area (Å²) in [5, 5.41) is 12.9. The maximum atomic E-state index is 13.6. The lowest BCUT2D eigenvalue weighted by molar-refractivity contribution is 0.371. The molecule has 100 valence electrons. The Morgan fingerprint density at radius 1 is 1.26 bits per heavy atom. The molecule has 0 aliphatic carbocycles. The highest BCUT2D eigenvalue weighted by Crippen LogP contribution is 2.31. The lowest BCUT2D eigenvalue weighted by Gasteiger charge is -2.12. The molecular weight excluding hydrogens is 313 g/mol. The number of rotatable bonds is 4. The van der Waals surface area contributed by atoms with E-state index in [2.05, 4.69) is 21.2 Å². The zero-order valence-electron chi connectivity index (χ0n) is 10.3. The Kier molecular flexibility index (Phi) is 4.27. The topological polar surface area (TPSA) is 41.5 Å². The van der Waals surface area contributed by atoms with Crippen LogP contribution in [0.5, 0.6) is 11.5 Å². The minimum atomic E-state index is -0.350. The number of phenols is 1. The van der Waals surface area contributed by atoms with Crippen LogP contribution in [0.1, 0.15) is 5.56 Å². The lowest BCUT2D eigenvalue weighted by atomic mass is 10.2. The van der Waals surface area contributed by atoms with E-state index >= 15 is 0 Å². The van der Waals surface area contributed by atoms with Gasteiger partial charge in [0.1, 0.15) is 5.82 Å². The normalized spacial score (nSPS) is 10.3. The molecule has 0 bridgehead atoms. The van der Waals surface area contributed by atoms with Crippen LogP contribution in [0.15, 0.2) is 40.9 Å². The Hall–Kier alpha value is -1.75. The van der Waals surface area contributed by atoms with Gasteiger partial charge in [-0.1, -0.05) is 18.2 Å². The molecule has 3 nitrogen and oxygen atoms in total. The molecule has 0 aromatic heterocycles. The number of anilines is 1. The number of para-hydroxylation sites is 2. The van der Waals surface area contributed by atoms with Gasteiger partial charge >= 0.3 is 0 Å². The Morgan fingerprint density at radius 3 is 2.68 bits per heavy atom. The number of ether oxygens (including phenoxy) is 1. The van der Waals surface area contributed by atoms with Gasteiger partial charge in [-0.3, -0.25) is 0 Å². The van der Waals surface area contributed by atoms with Crippen molar-refractivity contribution < 1.29 is 14.2 Å². The predicted molar refractivity (Wildman–Crippen MR) is 76.1 cm³/mol. The highest BCUT2D eigenvalue weighted by atomic mass is 79.9. The summed E-state index contributed by atoms with van der Waals surface area (Å²) in [5.74, 6) is 0.105. The molecule has 0 unspecified atom stereocenters. The minimum Gasteiger partial charge on any atom is -0.504 e. The van der Waals surface area contributed by atoms with E-state index in [-0.39, 0.29) is 11.6 Å². The first kappa shape index (κ1) is 13.7. The number of halogens is 2. The van der Waals surface area contributed by atoms with Crippen molar-refractivity contribution in [2.75, 3.05) is 12.4 Å². The Morgan fingerprint density at radius 2 is 2.00 bits per heavy atom. The molecule has 5 heteroatoms. The van der Waals surface area contributed by atoms with Crippen molar-refractivity contribution in [3.8, 4) is 11.5 Å². The van der Waals surface area contributed by atoms with Gasteiger partial charge in [0.05, 0.1) is 12.8 Å². The number of nitrogens with one attached hydrogen (secondary N) is 1. The Labute approximate surface area is 119 Å². The summed E-state index contributed by atoms with van der Waals surface area (Å²) in [5.41, 5.74) is 0.999. The third kappa shape index (κ3) is 2.98. The molecule has 0 heterocycles. The fraction of sp³-hybridized carbons (Fsp3) is 0.143. The van der Waals surface area contributed by atoms with Crippen molar-refractivity contribution in [1.82, 2.24) is 0 Å². The minimum absolute atomic E-state index is 0.0601. The van der Waals surface area contributed by atoms with Gasteiger partial charge in [0, 0.05) is 16.6 Å². The van der Waals surface area contributed by atoms with Gasteiger partial charge < -0.3 is 15.2 Å². The maximum absolute atomic E-state index is 13.6. The van der Waals surface area contributed by atoms with E-state index < -0.39 is 0 Å². The Balaban J connectivity index is 2.19. The second kappa shape index (κ2) is 5.93. The van der Waals surface area contributed by atoms with Crippen molar-refractivity contribution in [3.63, 3.8) is 0 Å². The van der Waals surface area contributed by atoms with E-state index in [1.165, 1.54) is 13.2 Å². The predicted octanol–water partition coefficient (Wildman–Crippen LogP) is 3.91. The first-order chi connectivity index (χ1) is 9.13. The van der Waals surface area contributed by atoms with Crippen molar-refractivity contribution in [1.29, 1.82) is 0 Å². The zero-order chi connectivity index (χ0) is 13.8. The number of methoxy groups -OCH3 is 1. The van der Waals surface area contributed by atoms with Gasteiger partial charge in [-0.2, -0.15) is 0 Å². The second-order valence-electron chi connectivity index (χ2n) is 3.92. The first-order valence-corrected chi connectivity index (χ1v) is 6.45. The monoisotopic (exact) mass is 325 g/mol. The molecule has 19 heavy (non-hydrogen) atoms. The number of benzene rings is 2. The number of hydrogen-bond donors (Lipinski definition) is 2. The van der Waals surface area contributed by atoms with Crippen LogP contribution in [0.3, 0.4) is 0 Å². The molecule has 2 rings (SSSR count). The molecule has 0 atom stereocenters. The SMILES string of the molecule is COc1cccc(CNc2c(F)cccc2Br)c1O. The van der Waals surface area contributed by atoms with Crippen LogP contribution in [0.25, 0.3) is 0 Å². The maximum Gasteiger partial charge on any atom is 0.162 e. The quantitative estimate of drug-likeness (QED) is 0.895. The average Bonchev–Trinajstić information content (AvgIpc) is 2.40. The summed E-state index contributed by atoms with van der Waals surface area (Å²) in [6.45, 7) is 0.294. The summed E-state index contributed by atoms with van der Waals surface area (Å²) in [4.78, 5) is 0. The molecule has 2 N–H and O–H groups in total. The van der Waals surface area contributed by atoms with Crippen LogP contribution in [0.2, 0.25) is 0 Å². The van der Waals surface area contributed by atoms with Gasteiger partial charge in [0.2, 0.25) is 0 Å². The summed E-state index contributed by atoms with van der Waals surface area (Å²) >= 11 is 3.28. The number of phenolic OH excluding ortho intramolecular Hbond substituents is 1. The van der Waals surface area contributed by atoms with Gasteiger partial charge in [-0.15, -0.1) is 0 Å². The van der Waals surface area contributed by atoms with Gasteiger partial charge in [0.25, 0.3) is 0 Å². The lowest BCUT2D eigenvalue weighted by Crippen LogP contribution is -2.03. The molecule has 0 radical (unpaired) electrons. The van der Waals surface area contributed by atoms with E-state index in [4.69, 9.17) is 4.74 Å². The van der Waals surface area contributed by atoms with E-state index in [0.717, 1.165) is 0 Å².